The number of nitrogens with zero attached hydrogens (tertiary/aromatic N) is 1. The molecule has 2 fully saturated rings. The van der Waals surface area contributed by atoms with E-state index in [9.17, 15) is 4.79 Å². The zero-order chi connectivity index (χ0) is 20.6. The molecule has 150 valence electrons. The Kier molecular flexibility index (Phi) is 4.99. The normalized spacial score (nSPS) is 27.4. The first-order chi connectivity index (χ1) is 13.8. The summed E-state index contributed by atoms with van der Waals surface area (Å²) in [5, 5.41) is 7.80. The van der Waals surface area contributed by atoms with Gasteiger partial charge in [0.25, 0.3) is 0 Å². The average Bonchev–Trinajstić information content (AvgIpc) is 3.01. The number of allylic oxidation sites excluding steroid dienone is 1. The second-order valence-electron chi connectivity index (χ2n) is 8.61. The van der Waals surface area contributed by atoms with Crippen LogP contribution < -0.4 is 5.32 Å². The molecule has 2 aliphatic rings. The van der Waals surface area contributed by atoms with Crippen molar-refractivity contribution < 1.29 is 9.63 Å². The summed E-state index contributed by atoms with van der Waals surface area (Å²) >= 11 is 6.03. The zero-order valence-electron chi connectivity index (χ0n) is 16.9. The minimum atomic E-state index is -0.585. The van der Waals surface area contributed by atoms with Gasteiger partial charge in [-0.25, -0.2) is 4.79 Å². The van der Waals surface area contributed by atoms with Gasteiger partial charge >= 0.3 is 6.09 Å². The van der Waals surface area contributed by atoms with E-state index in [-0.39, 0.29) is 10.8 Å². The van der Waals surface area contributed by atoms with E-state index in [4.69, 9.17) is 16.4 Å². The smallest absolute Gasteiger partial charge is 0.297 e. The molecule has 1 N–H and O–H groups in total. The van der Waals surface area contributed by atoms with Gasteiger partial charge in [0.1, 0.15) is 0 Å². The number of fused-ring (bicyclic) bond motifs is 2. The van der Waals surface area contributed by atoms with E-state index in [1.54, 1.807) is 0 Å². The minimum Gasteiger partial charge on any atom is -0.297 e. The van der Waals surface area contributed by atoms with E-state index in [1.165, 1.54) is 0 Å². The van der Waals surface area contributed by atoms with Gasteiger partial charge in [-0.1, -0.05) is 67.9 Å². The van der Waals surface area contributed by atoms with Crippen LogP contribution in [0.5, 0.6) is 0 Å². The second kappa shape index (κ2) is 7.34. The van der Waals surface area contributed by atoms with Gasteiger partial charge in [0.15, 0.2) is 0 Å². The van der Waals surface area contributed by atoms with Crippen molar-refractivity contribution in [2.45, 2.75) is 33.6 Å². The van der Waals surface area contributed by atoms with E-state index < -0.39 is 6.09 Å². The third-order valence-electron chi connectivity index (χ3n) is 6.83. The Labute approximate surface area is 176 Å². The van der Waals surface area contributed by atoms with Crippen molar-refractivity contribution >= 4 is 35.2 Å². The number of oxime groups is 1. The molecule has 2 bridgehead atoms. The van der Waals surface area contributed by atoms with E-state index in [1.807, 2.05) is 54.6 Å². The second-order valence-corrected chi connectivity index (χ2v) is 9.04. The van der Waals surface area contributed by atoms with Gasteiger partial charge in [-0.2, -0.15) is 0 Å². The van der Waals surface area contributed by atoms with Crippen molar-refractivity contribution in [2.75, 3.05) is 5.32 Å². The molecule has 2 saturated carbocycles. The van der Waals surface area contributed by atoms with E-state index in [2.05, 4.69) is 37.3 Å². The average molecular weight is 409 g/mol. The van der Waals surface area contributed by atoms with Crippen LogP contribution in [0.15, 0.2) is 65.3 Å². The molecule has 2 aliphatic carbocycles. The molecule has 2 aromatic rings. The first-order valence-electron chi connectivity index (χ1n) is 9.90. The highest BCUT2D eigenvalue weighted by Crippen LogP contribution is 2.66. The fourth-order valence-corrected chi connectivity index (χ4v) is 4.89. The Balaban J connectivity index is 1.64. The van der Waals surface area contributed by atoms with Gasteiger partial charge in [0.05, 0.1) is 5.71 Å². The van der Waals surface area contributed by atoms with Crippen molar-refractivity contribution in [1.29, 1.82) is 0 Å². The first kappa shape index (κ1) is 19.7. The number of benzene rings is 2. The van der Waals surface area contributed by atoms with Crippen LogP contribution in [-0.4, -0.2) is 11.8 Å². The molecule has 0 aliphatic heterocycles. The summed E-state index contributed by atoms with van der Waals surface area (Å²) in [5.41, 5.74) is 3.68. The molecule has 2 aromatic carbocycles. The molecular formula is C24H25ClN2O2. The number of carbonyl (C=O) groups is 1. The summed E-state index contributed by atoms with van der Waals surface area (Å²) < 4.78 is 0. The number of amides is 1. The van der Waals surface area contributed by atoms with Crippen molar-refractivity contribution in [3.63, 3.8) is 0 Å². The third-order valence-corrected chi connectivity index (χ3v) is 7.08. The van der Waals surface area contributed by atoms with Crippen molar-refractivity contribution in [3.8, 4) is 0 Å². The number of halogens is 1. The van der Waals surface area contributed by atoms with E-state index in [0.29, 0.717) is 16.6 Å². The number of hydrogen-bond donors (Lipinski definition) is 1. The van der Waals surface area contributed by atoms with Crippen LogP contribution in [0.4, 0.5) is 10.5 Å². The topological polar surface area (TPSA) is 50.7 Å². The van der Waals surface area contributed by atoms with Crippen LogP contribution in [-0.2, 0) is 4.84 Å². The number of nitrogens with one attached hydrogen (secondary N) is 1. The largest absolute Gasteiger partial charge is 0.437 e. The van der Waals surface area contributed by atoms with Crippen LogP contribution in [0, 0.1) is 16.7 Å². The van der Waals surface area contributed by atoms with Crippen molar-refractivity contribution in [3.05, 3.63) is 70.8 Å². The van der Waals surface area contributed by atoms with Crippen LogP contribution in [0.3, 0.4) is 0 Å². The van der Waals surface area contributed by atoms with Gasteiger partial charge in [0, 0.05) is 16.1 Å². The van der Waals surface area contributed by atoms with Crippen LogP contribution in [0.1, 0.15) is 39.2 Å². The Hall–Kier alpha value is -2.59. The molecular weight excluding hydrogens is 384 g/mol. The molecule has 4 rings (SSSR count). The molecule has 0 spiro atoms. The van der Waals surface area contributed by atoms with E-state index >= 15 is 0 Å². The number of anilines is 1. The fourth-order valence-electron chi connectivity index (χ4n) is 4.76. The summed E-state index contributed by atoms with van der Waals surface area (Å²) in [6.45, 7) is 6.80. The Bertz CT molecular complexity index is 980. The van der Waals surface area contributed by atoms with Gasteiger partial charge in [-0.15, -0.1) is 0 Å². The van der Waals surface area contributed by atoms with Crippen LogP contribution in [0.2, 0.25) is 5.02 Å². The third kappa shape index (κ3) is 3.46. The van der Waals surface area contributed by atoms with E-state index in [0.717, 1.165) is 29.7 Å². The maximum Gasteiger partial charge on any atom is 0.437 e. The van der Waals surface area contributed by atoms with Gasteiger partial charge in [0.2, 0.25) is 0 Å². The lowest BCUT2D eigenvalue weighted by Gasteiger charge is -2.33. The number of rotatable bonds is 3. The van der Waals surface area contributed by atoms with Gasteiger partial charge in [-0.3, -0.25) is 10.2 Å². The Morgan fingerprint density at radius 2 is 1.83 bits per heavy atom. The molecule has 29 heavy (non-hydrogen) atoms. The Morgan fingerprint density at radius 1 is 1.14 bits per heavy atom. The predicted molar refractivity (Wildman–Crippen MR) is 118 cm³/mol. The summed E-state index contributed by atoms with van der Waals surface area (Å²) in [6.07, 6.45) is 3.71. The van der Waals surface area contributed by atoms with Crippen LogP contribution in [0.25, 0.3) is 6.08 Å². The van der Waals surface area contributed by atoms with Crippen LogP contribution >= 0.6 is 11.6 Å². The molecule has 0 radical (unpaired) electrons. The quantitative estimate of drug-likeness (QED) is 0.449. The maximum atomic E-state index is 12.3. The SMILES string of the molecule is CC12CCC(C(=C\c3ccc(Cl)cc3)/C1=N/OC(=O)Nc1ccccc1)C2(C)C. The highest BCUT2D eigenvalue weighted by molar-refractivity contribution is 6.30. The lowest BCUT2D eigenvalue weighted by molar-refractivity contribution is 0.160. The monoisotopic (exact) mass is 408 g/mol. The maximum absolute atomic E-state index is 12.3. The Morgan fingerprint density at radius 3 is 2.52 bits per heavy atom. The molecule has 1 amide bonds. The standard InChI is InChI=1S/C24H25ClN2O2/c1-23(2)20-13-14-24(23,3)21(19(20)15-16-9-11-17(25)12-10-16)27-29-22(28)26-18-7-5-4-6-8-18/h4-12,15,20H,13-14H2,1-3H3,(H,26,28)/b19-15+,27-21-. The molecule has 0 aromatic heterocycles. The minimum absolute atomic E-state index is 0.0450. The fraction of sp³-hybridized carbons (Fsp3) is 0.333. The van der Waals surface area contributed by atoms with Gasteiger partial charge in [-0.05, 0) is 65.7 Å². The van der Waals surface area contributed by atoms with Crippen molar-refractivity contribution in [1.82, 2.24) is 0 Å². The molecule has 2 atom stereocenters. The summed E-state index contributed by atoms with van der Waals surface area (Å²) in [4.78, 5) is 17.6. The summed E-state index contributed by atoms with van der Waals surface area (Å²) in [7, 11) is 0. The predicted octanol–water partition coefficient (Wildman–Crippen LogP) is 6.78. The highest BCUT2D eigenvalue weighted by Gasteiger charge is 2.62. The number of hydrogen-bond acceptors (Lipinski definition) is 3. The number of carbonyl (C=O) groups excluding carboxylic acids is 1. The molecule has 0 heterocycles. The molecule has 4 nitrogen and oxygen atoms in total. The van der Waals surface area contributed by atoms with Crippen molar-refractivity contribution in [2.24, 2.45) is 21.9 Å². The lowest BCUT2D eigenvalue weighted by Crippen LogP contribution is -2.33. The first-order valence-corrected chi connectivity index (χ1v) is 10.3. The number of para-hydroxylation sites is 1. The molecule has 2 unspecified atom stereocenters. The van der Waals surface area contributed by atoms with Gasteiger partial charge < -0.3 is 0 Å². The zero-order valence-corrected chi connectivity index (χ0v) is 17.7. The molecule has 0 saturated heterocycles. The lowest BCUT2D eigenvalue weighted by atomic mass is 9.70. The summed E-state index contributed by atoms with van der Waals surface area (Å²) in [5.74, 6) is 0.378. The molecule has 5 heteroatoms. The summed E-state index contributed by atoms with van der Waals surface area (Å²) in [6, 6.07) is 17.0. The highest BCUT2D eigenvalue weighted by atomic mass is 35.5.